The summed E-state index contributed by atoms with van der Waals surface area (Å²) in [4.78, 5) is 13.0. The maximum absolute atomic E-state index is 11.3. The van der Waals surface area contributed by atoms with Crippen LogP contribution >= 0.6 is 11.8 Å². The van der Waals surface area contributed by atoms with Crippen LogP contribution in [0.2, 0.25) is 0 Å². The van der Waals surface area contributed by atoms with Crippen molar-refractivity contribution in [1.82, 2.24) is 4.90 Å². The van der Waals surface area contributed by atoms with E-state index in [1.54, 1.807) is 4.90 Å². The minimum atomic E-state index is -0.575. The molecule has 4 heteroatoms. The molecule has 1 aromatic carbocycles. The predicted octanol–water partition coefficient (Wildman–Crippen LogP) is 1.89. The van der Waals surface area contributed by atoms with Crippen molar-refractivity contribution in [1.29, 1.82) is 0 Å². The zero-order chi connectivity index (χ0) is 10.7. The molecule has 1 heterocycles. The van der Waals surface area contributed by atoms with Gasteiger partial charge >= 0.3 is 0 Å². The van der Waals surface area contributed by atoms with Crippen molar-refractivity contribution in [2.45, 2.75) is 6.10 Å². The first-order valence-electron chi connectivity index (χ1n) is 4.92. The van der Waals surface area contributed by atoms with Crippen molar-refractivity contribution in [3.63, 3.8) is 0 Å². The molecule has 1 unspecified atom stereocenters. The molecule has 2 rings (SSSR count). The molecule has 1 aliphatic heterocycles. The monoisotopic (exact) mass is 223 g/mol. The van der Waals surface area contributed by atoms with Gasteiger partial charge in [-0.05, 0) is 5.56 Å². The number of hydrogen-bond donors (Lipinski definition) is 1. The molecule has 1 N–H and O–H groups in total. The highest BCUT2D eigenvalue weighted by atomic mass is 32.2. The van der Waals surface area contributed by atoms with E-state index in [0.717, 1.165) is 17.9 Å². The Morgan fingerprint density at radius 1 is 1.40 bits per heavy atom. The normalized spacial score (nSPS) is 18.2. The number of rotatable bonds is 3. The van der Waals surface area contributed by atoms with Crippen LogP contribution in [0.5, 0.6) is 0 Å². The van der Waals surface area contributed by atoms with Crippen LogP contribution in [-0.4, -0.2) is 34.1 Å². The Balaban J connectivity index is 1.98. The molecule has 15 heavy (non-hydrogen) atoms. The van der Waals surface area contributed by atoms with Gasteiger partial charge < -0.3 is 10.0 Å². The van der Waals surface area contributed by atoms with Gasteiger partial charge in [0.2, 0.25) is 0 Å². The van der Waals surface area contributed by atoms with E-state index in [-0.39, 0.29) is 5.24 Å². The van der Waals surface area contributed by atoms with Crippen LogP contribution in [0, 0.1) is 0 Å². The van der Waals surface area contributed by atoms with Gasteiger partial charge in [-0.25, -0.2) is 0 Å². The second-order valence-electron chi connectivity index (χ2n) is 3.49. The Morgan fingerprint density at radius 2 is 2.13 bits per heavy atom. The van der Waals surface area contributed by atoms with Gasteiger partial charge in [-0.15, -0.1) is 0 Å². The molecule has 0 spiro atoms. The van der Waals surface area contributed by atoms with Gasteiger partial charge in [0, 0.05) is 12.3 Å². The van der Waals surface area contributed by atoms with E-state index >= 15 is 0 Å². The van der Waals surface area contributed by atoms with Crippen molar-refractivity contribution in [2.24, 2.45) is 0 Å². The van der Waals surface area contributed by atoms with E-state index in [2.05, 4.69) is 0 Å². The van der Waals surface area contributed by atoms with Gasteiger partial charge in [-0.2, -0.15) is 0 Å². The van der Waals surface area contributed by atoms with Crippen LogP contribution in [0.4, 0.5) is 4.79 Å². The lowest BCUT2D eigenvalue weighted by molar-refractivity contribution is 0.134. The fourth-order valence-electron chi connectivity index (χ4n) is 1.58. The molecule has 0 saturated carbocycles. The molecule has 1 amide bonds. The SMILES string of the molecule is O=C1SCCN1CC(O)c1ccccc1. The zero-order valence-electron chi connectivity index (χ0n) is 8.30. The van der Waals surface area contributed by atoms with Crippen LogP contribution < -0.4 is 0 Å². The summed E-state index contributed by atoms with van der Waals surface area (Å²) in [6, 6.07) is 9.43. The van der Waals surface area contributed by atoms with E-state index < -0.39 is 6.10 Å². The molecular formula is C11H13NO2S. The number of carbonyl (C=O) groups excluding carboxylic acids is 1. The summed E-state index contributed by atoms with van der Waals surface area (Å²) in [5.74, 6) is 0.834. The quantitative estimate of drug-likeness (QED) is 0.850. The molecule has 1 aromatic rings. The Morgan fingerprint density at radius 3 is 2.73 bits per heavy atom. The number of aliphatic hydroxyl groups excluding tert-OH is 1. The van der Waals surface area contributed by atoms with Gasteiger partial charge in [0.1, 0.15) is 0 Å². The van der Waals surface area contributed by atoms with E-state index in [1.807, 2.05) is 30.3 Å². The van der Waals surface area contributed by atoms with E-state index in [9.17, 15) is 9.90 Å². The summed E-state index contributed by atoms with van der Waals surface area (Å²) >= 11 is 1.32. The molecule has 0 aliphatic carbocycles. The Bertz CT molecular complexity index is 342. The molecule has 0 bridgehead atoms. The number of nitrogens with zero attached hydrogens (tertiary/aromatic N) is 1. The first-order chi connectivity index (χ1) is 7.27. The van der Waals surface area contributed by atoms with Crippen molar-refractivity contribution in [2.75, 3.05) is 18.8 Å². The number of thioether (sulfide) groups is 1. The Kier molecular flexibility index (Phi) is 3.28. The van der Waals surface area contributed by atoms with Crippen LogP contribution in [0.15, 0.2) is 30.3 Å². The number of carbonyl (C=O) groups is 1. The molecular weight excluding hydrogens is 210 g/mol. The zero-order valence-corrected chi connectivity index (χ0v) is 9.11. The lowest BCUT2D eigenvalue weighted by atomic mass is 10.1. The van der Waals surface area contributed by atoms with E-state index in [1.165, 1.54) is 11.8 Å². The highest BCUT2D eigenvalue weighted by Gasteiger charge is 2.23. The van der Waals surface area contributed by atoms with Crippen molar-refractivity contribution < 1.29 is 9.90 Å². The minimum absolute atomic E-state index is 0.0741. The highest BCUT2D eigenvalue weighted by molar-refractivity contribution is 8.13. The fraction of sp³-hybridized carbons (Fsp3) is 0.364. The molecule has 1 aliphatic rings. The Hall–Kier alpha value is -1.00. The third kappa shape index (κ3) is 2.52. The average Bonchev–Trinajstić information content (AvgIpc) is 2.66. The van der Waals surface area contributed by atoms with Gasteiger partial charge in [0.05, 0.1) is 12.6 Å². The summed E-state index contributed by atoms with van der Waals surface area (Å²) in [6.45, 7) is 1.14. The minimum Gasteiger partial charge on any atom is -0.387 e. The van der Waals surface area contributed by atoms with Gasteiger partial charge in [-0.3, -0.25) is 4.79 Å². The van der Waals surface area contributed by atoms with Crippen LogP contribution in [0.3, 0.4) is 0 Å². The van der Waals surface area contributed by atoms with Gasteiger partial charge in [0.25, 0.3) is 5.24 Å². The van der Waals surface area contributed by atoms with Crippen LogP contribution in [0.1, 0.15) is 11.7 Å². The first-order valence-corrected chi connectivity index (χ1v) is 5.90. The summed E-state index contributed by atoms with van der Waals surface area (Å²) in [5.41, 5.74) is 0.863. The summed E-state index contributed by atoms with van der Waals surface area (Å²) in [6.07, 6.45) is -0.575. The molecule has 0 aromatic heterocycles. The Labute approximate surface area is 93.1 Å². The van der Waals surface area contributed by atoms with E-state index in [4.69, 9.17) is 0 Å². The van der Waals surface area contributed by atoms with Crippen LogP contribution in [-0.2, 0) is 0 Å². The molecule has 0 radical (unpaired) electrons. The summed E-state index contributed by atoms with van der Waals surface area (Å²) < 4.78 is 0. The predicted molar refractivity (Wildman–Crippen MR) is 60.8 cm³/mol. The third-order valence-electron chi connectivity index (χ3n) is 2.42. The number of aliphatic hydroxyl groups is 1. The number of hydrogen-bond acceptors (Lipinski definition) is 3. The summed E-state index contributed by atoms with van der Waals surface area (Å²) in [7, 11) is 0. The first kappa shape index (κ1) is 10.5. The summed E-state index contributed by atoms with van der Waals surface area (Å²) in [5, 5.41) is 9.97. The fourth-order valence-corrected chi connectivity index (χ4v) is 2.42. The lowest BCUT2D eigenvalue weighted by Gasteiger charge is -2.19. The molecule has 1 saturated heterocycles. The maximum atomic E-state index is 11.3. The standard InChI is InChI=1S/C11H13NO2S/c13-10(9-4-2-1-3-5-9)8-12-6-7-15-11(12)14/h1-5,10,13H,6-8H2. The largest absolute Gasteiger partial charge is 0.387 e. The molecule has 80 valence electrons. The molecule has 1 fully saturated rings. The number of β-amino-alcohol motifs (C(OH)–C–C–N with tert-alkyl or cyclic N) is 1. The maximum Gasteiger partial charge on any atom is 0.281 e. The van der Waals surface area contributed by atoms with Gasteiger partial charge in [0.15, 0.2) is 0 Å². The second kappa shape index (κ2) is 4.68. The number of benzene rings is 1. The van der Waals surface area contributed by atoms with E-state index in [0.29, 0.717) is 6.54 Å². The van der Waals surface area contributed by atoms with Gasteiger partial charge in [-0.1, -0.05) is 42.1 Å². The molecule has 1 atom stereocenters. The average molecular weight is 223 g/mol. The smallest absolute Gasteiger partial charge is 0.281 e. The van der Waals surface area contributed by atoms with Crippen molar-refractivity contribution in [3.8, 4) is 0 Å². The topological polar surface area (TPSA) is 40.5 Å². The third-order valence-corrected chi connectivity index (χ3v) is 3.31. The number of amides is 1. The second-order valence-corrected chi connectivity index (χ2v) is 4.53. The highest BCUT2D eigenvalue weighted by Crippen LogP contribution is 2.21. The van der Waals surface area contributed by atoms with Crippen molar-refractivity contribution in [3.05, 3.63) is 35.9 Å². The van der Waals surface area contributed by atoms with Crippen molar-refractivity contribution >= 4 is 17.0 Å². The van der Waals surface area contributed by atoms with Crippen LogP contribution in [0.25, 0.3) is 0 Å². The lowest BCUT2D eigenvalue weighted by Crippen LogP contribution is -2.28. The molecule has 3 nitrogen and oxygen atoms in total.